The molecular formula is C18H28O3. The molecule has 0 saturated heterocycles. The summed E-state index contributed by atoms with van der Waals surface area (Å²) in [4.78, 5) is 0. The van der Waals surface area contributed by atoms with Gasteiger partial charge in [-0.2, -0.15) is 0 Å². The Morgan fingerprint density at radius 2 is 1.95 bits per heavy atom. The van der Waals surface area contributed by atoms with E-state index in [4.69, 9.17) is 9.47 Å². The maximum Gasteiger partial charge on any atom is 0.160 e. The molecule has 118 valence electrons. The molecule has 0 bridgehead atoms. The molecule has 3 atom stereocenters. The Bertz CT molecular complexity index is 444. The summed E-state index contributed by atoms with van der Waals surface area (Å²) in [7, 11) is 3.28. The number of hydrogen-bond acceptors (Lipinski definition) is 3. The first kappa shape index (κ1) is 16.2. The van der Waals surface area contributed by atoms with Gasteiger partial charge in [0, 0.05) is 0 Å². The molecule has 3 nitrogen and oxygen atoms in total. The van der Waals surface area contributed by atoms with Crippen LogP contribution in [0.2, 0.25) is 0 Å². The first-order chi connectivity index (χ1) is 10.2. The molecule has 1 saturated carbocycles. The standard InChI is InChI=1S/C18H28O3/c1-4-13-6-5-7-15(10-13)16(19)11-14-8-9-17(20-2)18(12-14)21-3/h8-9,12-13,15-16,19H,4-7,10-11H2,1-3H3. The van der Waals surface area contributed by atoms with E-state index in [0.717, 1.165) is 29.4 Å². The monoisotopic (exact) mass is 292 g/mol. The van der Waals surface area contributed by atoms with Crippen LogP contribution >= 0.6 is 0 Å². The Balaban J connectivity index is 2.00. The molecule has 1 fully saturated rings. The molecule has 1 aliphatic rings. The van der Waals surface area contributed by atoms with E-state index in [2.05, 4.69) is 6.92 Å². The second-order valence-electron chi connectivity index (χ2n) is 6.16. The van der Waals surface area contributed by atoms with Crippen LogP contribution in [-0.4, -0.2) is 25.4 Å². The lowest BCUT2D eigenvalue weighted by Crippen LogP contribution is -2.28. The third-order valence-electron chi connectivity index (χ3n) is 4.84. The maximum absolute atomic E-state index is 10.6. The first-order valence-corrected chi connectivity index (χ1v) is 8.06. The van der Waals surface area contributed by atoms with Gasteiger partial charge in [-0.05, 0) is 48.8 Å². The molecule has 1 N–H and O–H groups in total. The Kier molecular flexibility index (Phi) is 5.92. The topological polar surface area (TPSA) is 38.7 Å². The predicted octanol–water partition coefficient (Wildman–Crippen LogP) is 3.82. The van der Waals surface area contributed by atoms with Gasteiger partial charge in [0.1, 0.15) is 0 Å². The van der Waals surface area contributed by atoms with E-state index in [1.807, 2.05) is 18.2 Å². The minimum absolute atomic E-state index is 0.252. The van der Waals surface area contributed by atoms with Crippen molar-refractivity contribution in [1.82, 2.24) is 0 Å². The molecule has 0 heterocycles. The molecule has 0 aliphatic heterocycles. The van der Waals surface area contributed by atoms with Crippen molar-refractivity contribution in [2.45, 2.75) is 51.6 Å². The lowest BCUT2D eigenvalue weighted by Gasteiger charge is -2.31. The second-order valence-corrected chi connectivity index (χ2v) is 6.16. The first-order valence-electron chi connectivity index (χ1n) is 8.06. The van der Waals surface area contributed by atoms with Gasteiger partial charge < -0.3 is 14.6 Å². The smallest absolute Gasteiger partial charge is 0.160 e. The number of ether oxygens (including phenoxy) is 2. The van der Waals surface area contributed by atoms with E-state index in [-0.39, 0.29) is 6.10 Å². The summed E-state index contributed by atoms with van der Waals surface area (Å²) in [5.41, 5.74) is 1.11. The van der Waals surface area contributed by atoms with Crippen LogP contribution in [-0.2, 0) is 6.42 Å². The number of hydrogen-bond donors (Lipinski definition) is 1. The molecular weight excluding hydrogens is 264 g/mol. The van der Waals surface area contributed by atoms with Gasteiger partial charge >= 0.3 is 0 Å². The highest BCUT2D eigenvalue weighted by Gasteiger charge is 2.26. The van der Waals surface area contributed by atoms with Crippen molar-refractivity contribution >= 4 is 0 Å². The molecule has 0 aromatic heterocycles. The molecule has 3 heteroatoms. The van der Waals surface area contributed by atoms with Crippen LogP contribution in [0.4, 0.5) is 0 Å². The van der Waals surface area contributed by atoms with Crippen molar-refractivity contribution in [3.8, 4) is 11.5 Å². The Morgan fingerprint density at radius 1 is 1.19 bits per heavy atom. The van der Waals surface area contributed by atoms with E-state index in [1.54, 1.807) is 14.2 Å². The molecule has 1 aromatic carbocycles. The number of benzene rings is 1. The lowest BCUT2D eigenvalue weighted by molar-refractivity contribution is 0.0684. The van der Waals surface area contributed by atoms with Crippen molar-refractivity contribution in [3.05, 3.63) is 23.8 Å². The zero-order valence-corrected chi connectivity index (χ0v) is 13.5. The van der Waals surface area contributed by atoms with Crippen molar-refractivity contribution in [3.63, 3.8) is 0 Å². The number of aliphatic hydroxyl groups excluding tert-OH is 1. The van der Waals surface area contributed by atoms with Crippen molar-refractivity contribution in [2.24, 2.45) is 11.8 Å². The van der Waals surface area contributed by atoms with Crippen molar-refractivity contribution < 1.29 is 14.6 Å². The molecule has 1 aliphatic carbocycles. The zero-order valence-electron chi connectivity index (χ0n) is 13.5. The summed E-state index contributed by atoms with van der Waals surface area (Å²) >= 11 is 0. The highest BCUT2D eigenvalue weighted by molar-refractivity contribution is 5.43. The van der Waals surface area contributed by atoms with Crippen molar-refractivity contribution in [1.29, 1.82) is 0 Å². The fourth-order valence-electron chi connectivity index (χ4n) is 3.47. The fraction of sp³-hybridized carbons (Fsp3) is 0.667. The van der Waals surface area contributed by atoms with Gasteiger partial charge in [0.15, 0.2) is 11.5 Å². The molecule has 21 heavy (non-hydrogen) atoms. The van der Waals surface area contributed by atoms with Gasteiger partial charge in [0.05, 0.1) is 20.3 Å². The average molecular weight is 292 g/mol. The van der Waals surface area contributed by atoms with E-state index in [1.165, 1.54) is 25.7 Å². The molecule has 0 radical (unpaired) electrons. The SMILES string of the molecule is CCC1CCCC(C(O)Cc2ccc(OC)c(OC)c2)C1. The summed E-state index contributed by atoms with van der Waals surface area (Å²) < 4.78 is 10.6. The summed E-state index contributed by atoms with van der Waals surface area (Å²) in [6.07, 6.45) is 6.59. The number of aliphatic hydroxyl groups is 1. The predicted molar refractivity (Wildman–Crippen MR) is 85.0 cm³/mol. The highest BCUT2D eigenvalue weighted by atomic mass is 16.5. The van der Waals surface area contributed by atoms with Crippen LogP contribution in [0.1, 0.15) is 44.6 Å². The molecule has 1 aromatic rings. The van der Waals surface area contributed by atoms with Crippen LogP contribution < -0.4 is 9.47 Å². The zero-order chi connectivity index (χ0) is 15.2. The third-order valence-corrected chi connectivity index (χ3v) is 4.84. The Labute approximate surface area is 128 Å². The Hall–Kier alpha value is -1.22. The van der Waals surface area contributed by atoms with Gasteiger partial charge in [-0.1, -0.05) is 32.3 Å². The minimum atomic E-state index is -0.252. The normalized spacial score (nSPS) is 23.6. The largest absolute Gasteiger partial charge is 0.493 e. The minimum Gasteiger partial charge on any atom is -0.493 e. The van der Waals surface area contributed by atoms with Gasteiger partial charge in [0.25, 0.3) is 0 Å². The van der Waals surface area contributed by atoms with Crippen molar-refractivity contribution in [2.75, 3.05) is 14.2 Å². The maximum atomic E-state index is 10.6. The number of rotatable bonds is 6. The molecule has 3 unspecified atom stereocenters. The van der Waals surface area contributed by atoms with Gasteiger partial charge in [-0.3, -0.25) is 0 Å². The Morgan fingerprint density at radius 3 is 2.62 bits per heavy atom. The second kappa shape index (κ2) is 7.69. The average Bonchev–Trinajstić information content (AvgIpc) is 2.54. The van der Waals surface area contributed by atoms with Gasteiger partial charge in [0.2, 0.25) is 0 Å². The quantitative estimate of drug-likeness (QED) is 0.866. The summed E-state index contributed by atoms with van der Waals surface area (Å²) in [6.45, 7) is 2.26. The summed E-state index contributed by atoms with van der Waals surface area (Å²) in [5, 5.41) is 10.6. The van der Waals surface area contributed by atoms with E-state index in [9.17, 15) is 5.11 Å². The van der Waals surface area contributed by atoms with Gasteiger partial charge in [-0.25, -0.2) is 0 Å². The summed E-state index contributed by atoms with van der Waals surface area (Å²) in [6, 6.07) is 5.91. The lowest BCUT2D eigenvalue weighted by atomic mass is 9.76. The van der Waals surface area contributed by atoms with E-state index in [0.29, 0.717) is 12.3 Å². The fourth-order valence-corrected chi connectivity index (χ4v) is 3.47. The van der Waals surface area contributed by atoms with Crippen LogP contribution in [0.5, 0.6) is 11.5 Å². The van der Waals surface area contributed by atoms with Gasteiger partial charge in [-0.15, -0.1) is 0 Å². The van der Waals surface area contributed by atoms with E-state index >= 15 is 0 Å². The van der Waals surface area contributed by atoms with Crippen LogP contribution in [0, 0.1) is 11.8 Å². The van der Waals surface area contributed by atoms with Crippen LogP contribution in [0.25, 0.3) is 0 Å². The molecule has 0 spiro atoms. The summed E-state index contributed by atoms with van der Waals surface area (Å²) in [5.74, 6) is 2.71. The van der Waals surface area contributed by atoms with E-state index < -0.39 is 0 Å². The molecule has 2 rings (SSSR count). The molecule has 0 amide bonds. The van der Waals surface area contributed by atoms with Crippen LogP contribution in [0.3, 0.4) is 0 Å². The number of methoxy groups -OCH3 is 2. The van der Waals surface area contributed by atoms with Crippen LogP contribution in [0.15, 0.2) is 18.2 Å². The highest BCUT2D eigenvalue weighted by Crippen LogP contribution is 2.34. The third kappa shape index (κ3) is 4.13.